The Bertz CT molecular complexity index is 1100. The molecule has 2 N–H and O–H groups in total. The first kappa shape index (κ1) is 22.0. The van der Waals surface area contributed by atoms with Crippen LogP contribution in [0.3, 0.4) is 0 Å². The topological polar surface area (TPSA) is 95.6 Å². The lowest BCUT2D eigenvalue weighted by atomic mass is 10.1. The minimum atomic E-state index is -5.09. The summed E-state index contributed by atoms with van der Waals surface area (Å²) >= 11 is 0. The number of carbonyl (C=O) groups excluding carboxylic acids is 4. The van der Waals surface area contributed by atoms with E-state index in [1.54, 1.807) is 26.1 Å². The van der Waals surface area contributed by atoms with Crippen molar-refractivity contribution >= 4 is 35.0 Å². The summed E-state index contributed by atoms with van der Waals surface area (Å²) in [6.07, 6.45) is -5.09. The smallest absolute Gasteiger partial charge is 0.320 e. The second kappa shape index (κ2) is 7.53. The van der Waals surface area contributed by atoms with E-state index in [-0.39, 0.29) is 28.1 Å². The van der Waals surface area contributed by atoms with E-state index in [0.29, 0.717) is 0 Å². The zero-order valence-electron chi connectivity index (χ0n) is 16.8. The van der Waals surface area contributed by atoms with Crippen LogP contribution in [0.1, 0.15) is 51.8 Å². The molecule has 0 aliphatic carbocycles. The van der Waals surface area contributed by atoms with Crippen LogP contribution in [0, 0.1) is 0 Å². The Morgan fingerprint density at radius 1 is 0.839 bits per heavy atom. The Balaban J connectivity index is 1.86. The fourth-order valence-electron chi connectivity index (χ4n) is 3.08. The largest absolute Gasteiger partial charge is 0.471 e. The van der Waals surface area contributed by atoms with Crippen LogP contribution in [-0.4, -0.2) is 40.2 Å². The number of para-hydroxylation sites is 2. The monoisotopic (exact) mass is 433 g/mol. The molecule has 2 aromatic rings. The highest BCUT2D eigenvalue weighted by Crippen LogP contribution is 2.30. The Hall–Kier alpha value is -3.69. The van der Waals surface area contributed by atoms with Gasteiger partial charge in [0.2, 0.25) is 0 Å². The lowest BCUT2D eigenvalue weighted by Crippen LogP contribution is -2.45. The third-order valence-corrected chi connectivity index (χ3v) is 4.50. The predicted octanol–water partition coefficient (Wildman–Crippen LogP) is 3.83. The van der Waals surface area contributed by atoms with Crippen LogP contribution in [0.4, 0.5) is 24.5 Å². The molecular formula is C21H18F3N3O4. The number of anilines is 2. The first-order chi connectivity index (χ1) is 14.3. The van der Waals surface area contributed by atoms with Crippen molar-refractivity contribution in [3.63, 3.8) is 0 Å². The minimum Gasteiger partial charge on any atom is -0.320 e. The second-order valence-corrected chi connectivity index (χ2v) is 7.83. The predicted molar refractivity (Wildman–Crippen MR) is 106 cm³/mol. The molecule has 1 aliphatic heterocycles. The van der Waals surface area contributed by atoms with Gasteiger partial charge in [0.1, 0.15) is 0 Å². The van der Waals surface area contributed by atoms with E-state index in [9.17, 15) is 32.3 Å². The van der Waals surface area contributed by atoms with E-state index in [0.717, 1.165) is 4.90 Å². The highest BCUT2D eigenvalue weighted by molar-refractivity contribution is 6.22. The van der Waals surface area contributed by atoms with Gasteiger partial charge in [-0.3, -0.25) is 24.1 Å². The summed E-state index contributed by atoms with van der Waals surface area (Å²) < 4.78 is 37.6. The quantitative estimate of drug-likeness (QED) is 0.719. The van der Waals surface area contributed by atoms with Crippen LogP contribution in [0.15, 0.2) is 42.5 Å². The molecule has 1 heterocycles. The molecule has 0 unspecified atom stereocenters. The Kier molecular flexibility index (Phi) is 5.35. The van der Waals surface area contributed by atoms with E-state index in [1.807, 2.05) is 0 Å². The van der Waals surface area contributed by atoms with Crippen LogP contribution in [0.5, 0.6) is 0 Å². The lowest BCUT2D eigenvalue weighted by Gasteiger charge is -2.29. The summed E-state index contributed by atoms with van der Waals surface area (Å²) in [5.74, 6) is -3.93. The molecule has 0 fully saturated rings. The molecule has 0 radical (unpaired) electrons. The molecule has 10 heteroatoms. The normalized spacial score (nSPS) is 13.8. The maximum Gasteiger partial charge on any atom is 0.471 e. The van der Waals surface area contributed by atoms with E-state index >= 15 is 0 Å². The van der Waals surface area contributed by atoms with Crippen molar-refractivity contribution in [2.45, 2.75) is 32.5 Å². The molecule has 0 saturated heterocycles. The summed E-state index contributed by atoms with van der Waals surface area (Å²) in [6, 6.07) is 9.31. The lowest BCUT2D eigenvalue weighted by molar-refractivity contribution is -0.167. The minimum absolute atomic E-state index is 0.0209. The molecule has 31 heavy (non-hydrogen) atoms. The van der Waals surface area contributed by atoms with Crippen molar-refractivity contribution in [1.29, 1.82) is 0 Å². The maximum absolute atomic E-state index is 12.7. The first-order valence-corrected chi connectivity index (χ1v) is 9.12. The van der Waals surface area contributed by atoms with Crippen LogP contribution in [0.2, 0.25) is 0 Å². The number of imide groups is 1. The fourth-order valence-corrected chi connectivity index (χ4v) is 3.08. The Morgan fingerprint density at radius 3 is 1.94 bits per heavy atom. The zero-order valence-corrected chi connectivity index (χ0v) is 16.8. The average molecular weight is 433 g/mol. The van der Waals surface area contributed by atoms with Gasteiger partial charge in [-0.15, -0.1) is 0 Å². The number of alkyl halides is 3. The van der Waals surface area contributed by atoms with Crippen molar-refractivity contribution in [1.82, 2.24) is 4.90 Å². The summed E-state index contributed by atoms with van der Waals surface area (Å²) in [7, 11) is 0. The number of halogens is 3. The van der Waals surface area contributed by atoms with E-state index < -0.39 is 35.3 Å². The number of hydrogen-bond acceptors (Lipinski definition) is 4. The van der Waals surface area contributed by atoms with Gasteiger partial charge >= 0.3 is 12.1 Å². The molecule has 0 saturated carbocycles. The zero-order chi connectivity index (χ0) is 23.1. The number of benzene rings is 2. The molecular weight excluding hydrogens is 415 g/mol. The highest BCUT2D eigenvalue weighted by Gasteiger charge is 2.42. The summed E-state index contributed by atoms with van der Waals surface area (Å²) in [5.41, 5.74) is -0.826. The van der Waals surface area contributed by atoms with Crippen LogP contribution >= 0.6 is 0 Å². The summed E-state index contributed by atoms with van der Waals surface area (Å²) in [4.78, 5) is 50.2. The number of nitrogens with one attached hydrogen (secondary N) is 2. The molecule has 3 rings (SSSR count). The number of hydrogen-bond donors (Lipinski definition) is 2. The molecule has 0 atom stereocenters. The summed E-state index contributed by atoms with van der Waals surface area (Å²) in [5, 5.41) is 4.11. The molecule has 0 bridgehead atoms. The van der Waals surface area contributed by atoms with Gasteiger partial charge < -0.3 is 10.6 Å². The van der Waals surface area contributed by atoms with Gasteiger partial charge in [-0.05, 0) is 51.1 Å². The molecule has 1 aliphatic rings. The number of nitrogens with zero attached hydrogens (tertiary/aromatic N) is 1. The Labute approximate surface area is 175 Å². The molecule has 2 aromatic carbocycles. The van der Waals surface area contributed by atoms with Crippen molar-refractivity contribution < 1.29 is 32.3 Å². The maximum atomic E-state index is 12.7. The SMILES string of the molecule is CC(C)(C)N1C(=O)c2ccc(C(=O)Nc3ccccc3NC(=O)C(F)(F)F)cc2C1=O. The van der Waals surface area contributed by atoms with Gasteiger partial charge in [0, 0.05) is 11.1 Å². The number of amides is 4. The van der Waals surface area contributed by atoms with Crippen molar-refractivity contribution in [3.8, 4) is 0 Å². The fraction of sp³-hybridized carbons (Fsp3) is 0.238. The molecule has 0 spiro atoms. The third-order valence-electron chi connectivity index (χ3n) is 4.50. The van der Waals surface area contributed by atoms with Gasteiger partial charge in [-0.25, -0.2) is 0 Å². The molecule has 4 amide bonds. The molecule has 7 nitrogen and oxygen atoms in total. The number of carbonyl (C=O) groups is 4. The third kappa shape index (κ3) is 4.27. The molecule has 0 aromatic heterocycles. The van der Waals surface area contributed by atoms with Crippen LogP contribution in [-0.2, 0) is 4.79 Å². The van der Waals surface area contributed by atoms with Gasteiger partial charge in [0.05, 0.1) is 22.5 Å². The molecule has 162 valence electrons. The summed E-state index contributed by atoms with van der Waals surface area (Å²) in [6.45, 7) is 5.11. The van der Waals surface area contributed by atoms with Gasteiger partial charge in [-0.1, -0.05) is 12.1 Å². The number of fused-ring (bicyclic) bond motifs is 1. The first-order valence-electron chi connectivity index (χ1n) is 9.12. The Morgan fingerprint density at radius 2 is 1.39 bits per heavy atom. The highest BCUT2D eigenvalue weighted by atomic mass is 19.4. The number of rotatable bonds is 3. The van der Waals surface area contributed by atoms with E-state index in [1.165, 1.54) is 42.5 Å². The van der Waals surface area contributed by atoms with Gasteiger partial charge in [0.25, 0.3) is 17.7 Å². The standard InChI is InChI=1S/C21H18F3N3O4/c1-20(2,3)27-17(29)12-9-8-11(10-13(12)18(27)30)16(28)25-14-6-4-5-7-15(14)26-19(31)21(22,23)24/h4-10H,1-3H3,(H,25,28)(H,26,31). The van der Waals surface area contributed by atoms with Gasteiger partial charge in [0.15, 0.2) is 0 Å². The van der Waals surface area contributed by atoms with E-state index in [2.05, 4.69) is 5.32 Å². The van der Waals surface area contributed by atoms with E-state index in [4.69, 9.17) is 0 Å². The van der Waals surface area contributed by atoms with Crippen LogP contribution in [0.25, 0.3) is 0 Å². The van der Waals surface area contributed by atoms with Crippen LogP contribution < -0.4 is 10.6 Å². The van der Waals surface area contributed by atoms with Gasteiger partial charge in [-0.2, -0.15) is 13.2 Å². The second-order valence-electron chi connectivity index (χ2n) is 7.83. The average Bonchev–Trinajstić information content (AvgIpc) is 2.92. The van der Waals surface area contributed by atoms with Crippen molar-refractivity contribution in [2.24, 2.45) is 0 Å². The van der Waals surface area contributed by atoms with Crippen molar-refractivity contribution in [2.75, 3.05) is 10.6 Å². The van der Waals surface area contributed by atoms with Crippen molar-refractivity contribution in [3.05, 3.63) is 59.2 Å².